The second-order valence-electron chi connectivity index (χ2n) is 2.87. The fourth-order valence-electron chi connectivity index (χ4n) is 1.01. The van der Waals surface area contributed by atoms with E-state index in [0.717, 1.165) is 18.2 Å². The van der Waals surface area contributed by atoms with Gasteiger partial charge >= 0.3 is 0 Å². The molecule has 5 nitrogen and oxygen atoms in total. The molecule has 0 aromatic heterocycles. The van der Waals surface area contributed by atoms with Crippen LogP contribution in [0.4, 0.5) is 8.78 Å². The smallest absolute Gasteiger partial charge is 0.257 e. The summed E-state index contributed by atoms with van der Waals surface area (Å²) in [6, 6.07) is 3.06. The number of carbonyl (C=O) groups excluding carboxylic acids is 1. The maximum atomic E-state index is 13.1. The third-order valence-corrected chi connectivity index (χ3v) is 1.75. The number of nitrogens with one attached hydrogen (secondary N) is 1. The van der Waals surface area contributed by atoms with Crippen molar-refractivity contribution in [1.82, 2.24) is 5.32 Å². The van der Waals surface area contributed by atoms with Crippen molar-refractivity contribution < 1.29 is 18.8 Å². The Bertz CT molecular complexity index is 415. The van der Waals surface area contributed by atoms with E-state index >= 15 is 0 Å². The van der Waals surface area contributed by atoms with Gasteiger partial charge in [-0.1, -0.05) is 11.2 Å². The van der Waals surface area contributed by atoms with E-state index < -0.39 is 23.1 Å². The van der Waals surface area contributed by atoms with Gasteiger partial charge in [0, 0.05) is 0 Å². The largest absolute Gasteiger partial charge is 0.409 e. The highest BCUT2D eigenvalue weighted by Crippen LogP contribution is 2.11. The molecule has 0 aliphatic heterocycles. The topological polar surface area (TPSA) is 87.7 Å². The summed E-state index contributed by atoms with van der Waals surface area (Å²) in [5.74, 6) is -3.19. The number of rotatable bonds is 3. The summed E-state index contributed by atoms with van der Waals surface area (Å²) < 4.78 is 26.2. The molecule has 1 amide bonds. The number of hydrogen-bond donors (Lipinski definition) is 3. The van der Waals surface area contributed by atoms with Gasteiger partial charge in [-0.3, -0.25) is 4.79 Å². The number of nitrogens with two attached hydrogens (primary N) is 1. The monoisotopic (exact) mass is 229 g/mol. The van der Waals surface area contributed by atoms with Crippen LogP contribution in [0.25, 0.3) is 0 Å². The van der Waals surface area contributed by atoms with Gasteiger partial charge in [-0.2, -0.15) is 0 Å². The molecule has 16 heavy (non-hydrogen) atoms. The van der Waals surface area contributed by atoms with Gasteiger partial charge in [0.15, 0.2) is 5.84 Å². The zero-order valence-electron chi connectivity index (χ0n) is 8.08. The highest BCUT2D eigenvalue weighted by Gasteiger charge is 2.16. The van der Waals surface area contributed by atoms with Gasteiger partial charge < -0.3 is 16.3 Å². The number of nitrogens with zero attached hydrogens (tertiary/aromatic N) is 1. The Balaban J connectivity index is 2.81. The second kappa shape index (κ2) is 5.06. The molecule has 0 fully saturated rings. The number of amidine groups is 1. The summed E-state index contributed by atoms with van der Waals surface area (Å²) in [4.78, 5) is 11.3. The molecule has 7 heteroatoms. The Labute approximate surface area is 89.6 Å². The molecule has 0 aliphatic carbocycles. The van der Waals surface area contributed by atoms with E-state index in [1.165, 1.54) is 0 Å². The molecule has 1 aromatic carbocycles. The lowest BCUT2D eigenvalue weighted by molar-refractivity contribution is 0.0950. The maximum absolute atomic E-state index is 13.1. The third kappa shape index (κ3) is 2.66. The summed E-state index contributed by atoms with van der Waals surface area (Å²) in [6.07, 6.45) is 0. The molecule has 86 valence electrons. The molecular weight excluding hydrogens is 220 g/mol. The minimum absolute atomic E-state index is 0.273. The molecule has 0 spiro atoms. The number of halogens is 2. The zero-order chi connectivity index (χ0) is 12.1. The van der Waals surface area contributed by atoms with Crippen molar-refractivity contribution in [3.63, 3.8) is 0 Å². The summed E-state index contributed by atoms with van der Waals surface area (Å²) in [7, 11) is 0. The van der Waals surface area contributed by atoms with Gasteiger partial charge in [0.05, 0.1) is 6.54 Å². The number of amides is 1. The fourth-order valence-corrected chi connectivity index (χ4v) is 1.01. The van der Waals surface area contributed by atoms with Crippen LogP contribution < -0.4 is 11.1 Å². The fraction of sp³-hybridized carbons (Fsp3) is 0.111. The molecular formula is C9H9F2N3O2. The third-order valence-electron chi connectivity index (χ3n) is 1.75. The van der Waals surface area contributed by atoms with E-state index in [1.807, 2.05) is 0 Å². The van der Waals surface area contributed by atoms with E-state index in [0.29, 0.717) is 0 Å². The molecule has 0 unspecified atom stereocenters. The molecule has 0 saturated carbocycles. The number of carbonyl (C=O) groups is 1. The molecule has 0 aliphatic rings. The first-order valence-corrected chi connectivity index (χ1v) is 4.25. The summed E-state index contributed by atoms with van der Waals surface area (Å²) in [5.41, 5.74) is 4.37. The van der Waals surface area contributed by atoms with E-state index in [-0.39, 0.29) is 12.4 Å². The first-order valence-electron chi connectivity index (χ1n) is 4.25. The van der Waals surface area contributed by atoms with Crippen molar-refractivity contribution >= 4 is 11.7 Å². The lowest BCUT2D eigenvalue weighted by Gasteiger charge is -2.05. The average Bonchev–Trinajstić information content (AvgIpc) is 2.25. The average molecular weight is 229 g/mol. The van der Waals surface area contributed by atoms with Crippen LogP contribution in [0.2, 0.25) is 0 Å². The van der Waals surface area contributed by atoms with Crippen LogP contribution in [-0.4, -0.2) is 23.5 Å². The Hall–Kier alpha value is -2.18. The molecule has 1 rings (SSSR count). The highest BCUT2D eigenvalue weighted by atomic mass is 19.1. The van der Waals surface area contributed by atoms with E-state index in [4.69, 9.17) is 10.9 Å². The van der Waals surface area contributed by atoms with Crippen LogP contribution in [-0.2, 0) is 0 Å². The molecule has 0 heterocycles. The van der Waals surface area contributed by atoms with Crippen molar-refractivity contribution in [2.75, 3.05) is 6.54 Å². The van der Waals surface area contributed by atoms with Crippen LogP contribution in [0.1, 0.15) is 10.4 Å². The van der Waals surface area contributed by atoms with Crippen LogP contribution in [0.15, 0.2) is 23.4 Å². The van der Waals surface area contributed by atoms with Gasteiger partial charge in [0.2, 0.25) is 0 Å². The number of benzene rings is 1. The number of oxime groups is 1. The maximum Gasteiger partial charge on any atom is 0.257 e. The van der Waals surface area contributed by atoms with Crippen molar-refractivity contribution in [2.45, 2.75) is 0 Å². The molecule has 4 N–H and O–H groups in total. The molecule has 1 aromatic rings. The van der Waals surface area contributed by atoms with Gasteiger partial charge in [-0.25, -0.2) is 8.78 Å². The predicted octanol–water partition coefficient (Wildman–Crippen LogP) is 0.441. The first-order chi connectivity index (χ1) is 7.56. The van der Waals surface area contributed by atoms with Crippen molar-refractivity contribution in [3.05, 3.63) is 35.4 Å². The van der Waals surface area contributed by atoms with E-state index in [1.54, 1.807) is 0 Å². The van der Waals surface area contributed by atoms with Gasteiger partial charge in [-0.05, 0) is 12.1 Å². The highest BCUT2D eigenvalue weighted by molar-refractivity contribution is 5.97. The Kier molecular flexibility index (Phi) is 3.76. The SMILES string of the molecule is N/C(CNC(=O)c1c(F)cccc1F)=N\O. The number of hydrogen-bond acceptors (Lipinski definition) is 3. The van der Waals surface area contributed by atoms with Crippen LogP contribution in [0.5, 0.6) is 0 Å². The Morgan fingerprint density at radius 3 is 2.50 bits per heavy atom. The minimum Gasteiger partial charge on any atom is -0.409 e. The van der Waals surface area contributed by atoms with Crippen molar-refractivity contribution in [1.29, 1.82) is 0 Å². The van der Waals surface area contributed by atoms with E-state index in [9.17, 15) is 13.6 Å². The van der Waals surface area contributed by atoms with Crippen molar-refractivity contribution in [2.24, 2.45) is 10.9 Å². The van der Waals surface area contributed by atoms with Gasteiger partial charge in [-0.15, -0.1) is 0 Å². The molecule has 0 atom stereocenters. The lowest BCUT2D eigenvalue weighted by Crippen LogP contribution is -2.34. The summed E-state index contributed by atoms with van der Waals surface area (Å²) in [6.45, 7) is -0.302. The Morgan fingerprint density at radius 2 is 2.00 bits per heavy atom. The lowest BCUT2D eigenvalue weighted by atomic mass is 10.2. The molecule has 0 bridgehead atoms. The minimum atomic E-state index is -0.975. The molecule has 0 saturated heterocycles. The summed E-state index contributed by atoms with van der Waals surface area (Å²) in [5, 5.41) is 12.9. The van der Waals surface area contributed by atoms with Crippen molar-refractivity contribution in [3.8, 4) is 0 Å². The van der Waals surface area contributed by atoms with Crippen LogP contribution >= 0.6 is 0 Å². The van der Waals surface area contributed by atoms with Gasteiger partial charge in [0.1, 0.15) is 17.2 Å². The standard InChI is InChI=1S/C9H9F2N3O2/c10-5-2-1-3-6(11)8(5)9(15)13-4-7(12)14-16/h1-3,16H,4H2,(H2,12,14)(H,13,15). The Morgan fingerprint density at radius 1 is 1.44 bits per heavy atom. The first kappa shape index (κ1) is 11.9. The predicted molar refractivity (Wildman–Crippen MR) is 52.1 cm³/mol. The normalized spacial score (nSPS) is 11.2. The summed E-state index contributed by atoms with van der Waals surface area (Å²) >= 11 is 0. The van der Waals surface area contributed by atoms with Gasteiger partial charge in [0.25, 0.3) is 5.91 Å². The van der Waals surface area contributed by atoms with Crippen LogP contribution in [0.3, 0.4) is 0 Å². The molecule has 0 radical (unpaired) electrons. The van der Waals surface area contributed by atoms with E-state index in [2.05, 4.69) is 10.5 Å². The zero-order valence-corrected chi connectivity index (χ0v) is 8.08. The quantitative estimate of drug-likeness (QED) is 0.304. The van der Waals surface area contributed by atoms with Crippen LogP contribution in [0, 0.1) is 11.6 Å². The second-order valence-corrected chi connectivity index (χ2v) is 2.87.